The molecule has 2 fully saturated rings. The van der Waals surface area contributed by atoms with Crippen LogP contribution in [0.15, 0.2) is 42.5 Å². The van der Waals surface area contributed by atoms with E-state index in [4.69, 9.17) is 10.5 Å². The van der Waals surface area contributed by atoms with Gasteiger partial charge in [-0.25, -0.2) is 4.39 Å². The Hall–Kier alpha value is -3.58. The van der Waals surface area contributed by atoms with Gasteiger partial charge in [-0.05, 0) is 84.5 Å². The van der Waals surface area contributed by atoms with Crippen LogP contribution >= 0.6 is 0 Å². The molecule has 2 aliphatic rings. The maximum Gasteiger partial charge on any atom is 0.453 e. The quantitative estimate of drug-likeness (QED) is 0.385. The van der Waals surface area contributed by atoms with Gasteiger partial charge in [-0.3, -0.25) is 9.69 Å². The van der Waals surface area contributed by atoms with E-state index in [1.807, 2.05) is 0 Å². The van der Waals surface area contributed by atoms with Crippen molar-refractivity contribution in [1.82, 2.24) is 30.4 Å². The minimum Gasteiger partial charge on any atom is -0.496 e. The maximum absolute atomic E-state index is 13.8. The molecule has 40 heavy (non-hydrogen) atoms. The van der Waals surface area contributed by atoms with Gasteiger partial charge < -0.3 is 15.8 Å². The number of aromatic nitrogens is 4. The molecule has 13 heteroatoms. The Balaban J connectivity index is 1.38. The zero-order valence-corrected chi connectivity index (χ0v) is 21.9. The Morgan fingerprint density at radius 3 is 2.62 bits per heavy atom. The molecule has 1 aliphatic heterocycles. The predicted molar refractivity (Wildman–Crippen MR) is 137 cm³/mol. The highest BCUT2D eigenvalue weighted by Gasteiger charge is 2.41. The molecule has 4 atom stereocenters. The van der Waals surface area contributed by atoms with Gasteiger partial charge in [-0.1, -0.05) is 12.1 Å². The van der Waals surface area contributed by atoms with E-state index >= 15 is 0 Å². The fourth-order valence-corrected chi connectivity index (χ4v) is 6.19. The van der Waals surface area contributed by atoms with Crippen LogP contribution in [0.25, 0.3) is 5.69 Å². The molecule has 4 unspecified atom stereocenters. The minimum atomic E-state index is -4.72. The highest BCUT2D eigenvalue weighted by atomic mass is 19.4. The number of likely N-dealkylation sites (tertiary alicyclic amines) is 1. The average Bonchev–Trinajstić information content (AvgIpc) is 3.68. The van der Waals surface area contributed by atoms with Gasteiger partial charge in [0.05, 0.1) is 18.8 Å². The van der Waals surface area contributed by atoms with Crippen molar-refractivity contribution in [3.63, 3.8) is 0 Å². The number of rotatable bonds is 9. The van der Waals surface area contributed by atoms with E-state index in [1.165, 1.54) is 25.3 Å². The first-order valence-electron chi connectivity index (χ1n) is 13.2. The van der Waals surface area contributed by atoms with E-state index in [2.05, 4.69) is 25.7 Å². The highest BCUT2D eigenvalue weighted by Crippen LogP contribution is 2.42. The van der Waals surface area contributed by atoms with E-state index < -0.39 is 12.0 Å². The number of primary amides is 1. The molecule has 1 amide bonds. The molecule has 3 N–H and O–H groups in total. The number of tetrazole rings is 1. The summed E-state index contributed by atoms with van der Waals surface area (Å²) in [6, 6.07) is 10.8. The van der Waals surface area contributed by atoms with E-state index in [1.54, 1.807) is 24.3 Å². The van der Waals surface area contributed by atoms with Gasteiger partial charge in [0.1, 0.15) is 11.6 Å². The third-order valence-corrected chi connectivity index (χ3v) is 7.99. The van der Waals surface area contributed by atoms with Gasteiger partial charge in [-0.2, -0.15) is 17.9 Å². The van der Waals surface area contributed by atoms with Gasteiger partial charge in [-0.15, -0.1) is 5.10 Å². The van der Waals surface area contributed by atoms with Gasteiger partial charge in [0, 0.05) is 30.6 Å². The number of ether oxygens (including phenoxy) is 1. The third-order valence-electron chi connectivity index (χ3n) is 7.99. The monoisotopic (exact) mass is 561 g/mol. The van der Waals surface area contributed by atoms with Crippen LogP contribution in [0, 0.1) is 11.7 Å². The van der Waals surface area contributed by atoms with E-state index in [-0.39, 0.29) is 41.3 Å². The number of nitrogens with two attached hydrogens (primary N) is 1. The number of nitrogens with zero attached hydrogens (tertiary/aromatic N) is 5. The lowest BCUT2D eigenvalue weighted by Crippen LogP contribution is -2.43. The minimum absolute atomic E-state index is 0.00257. The summed E-state index contributed by atoms with van der Waals surface area (Å²) in [4.78, 5) is 14.1. The number of carbonyl (C=O) groups excluding carboxylic acids is 1. The highest BCUT2D eigenvalue weighted by molar-refractivity contribution is 5.80. The van der Waals surface area contributed by atoms with Crippen molar-refractivity contribution in [3.8, 4) is 11.4 Å². The lowest BCUT2D eigenvalue weighted by atomic mass is 9.86. The van der Waals surface area contributed by atoms with Crippen molar-refractivity contribution >= 4 is 5.91 Å². The topological polar surface area (TPSA) is 111 Å². The maximum atomic E-state index is 13.8. The summed E-state index contributed by atoms with van der Waals surface area (Å²) in [5, 5.41) is 13.4. The number of halogens is 4. The molecule has 214 valence electrons. The molecule has 3 aromatic rings. The number of carbonyl (C=O) groups is 1. The fourth-order valence-electron chi connectivity index (χ4n) is 6.19. The third kappa shape index (κ3) is 5.80. The average molecular weight is 562 g/mol. The van der Waals surface area contributed by atoms with E-state index in [0.717, 1.165) is 37.8 Å². The molecular weight excluding hydrogens is 530 g/mol. The van der Waals surface area contributed by atoms with Gasteiger partial charge in [0.15, 0.2) is 0 Å². The molecular formula is C27H31F4N7O2. The van der Waals surface area contributed by atoms with Crippen LogP contribution in [0.2, 0.25) is 0 Å². The summed E-state index contributed by atoms with van der Waals surface area (Å²) < 4.78 is 60.1. The van der Waals surface area contributed by atoms with Gasteiger partial charge in [0.25, 0.3) is 5.82 Å². The van der Waals surface area contributed by atoms with Crippen molar-refractivity contribution in [2.24, 2.45) is 11.7 Å². The van der Waals surface area contributed by atoms with Crippen LogP contribution in [0.5, 0.6) is 5.75 Å². The lowest BCUT2D eigenvalue weighted by molar-refractivity contribution is -0.146. The number of methoxy groups -OCH3 is 1. The number of hydrogen-bond acceptors (Lipinski definition) is 7. The Bertz CT molecular complexity index is 1330. The molecule has 0 radical (unpaired) electrons. The summed E-state index contributed by atoms with van der Waals surface area (Å²) in [5.74, 6) is -1.12. The zero-order chi connectivity index (χ0) is 28.4. The Morgan fingerprint density at radius 2 is 1.93 bits per heavy atom. The first kappa shape index (κ1) is 28.0. The van der Waals surface area contributed by atoms with Gasteiger partial charge >= 0.3 is 6.18 Å². The molecule has 1 saturated carbocycles. The Morgan fingerprint density at radius 1 is 1.15 bits per heavy atom. The first-order valence-corrected chi connectivity index (χ1v) is 13.2. The SMILES string of the molecule is COc1ccc(-n2nnnc2C(F)(F)F)cc1CNC1CCC(CN2CCCC2C(N)=O)C1c1ccc(F)cc1. The summed E-state index contributed by atoms with van der Waals surface area (Å²) in [6.45, 7) is 1.81. The van der Waals surface area contributed by atoms with E-state index in [0.29, 0.717) is 29.1 Å². The molecule has 2 aromatic carbocycles. The first-order chi connectivity index (χ1) is 19.2. The number of benzene rings is 2. The van der Waals surface area contributed by atoms with Crippen LogP contribution in [0.4, 0.5) is 17.6 Å². The number of hydrogen-bond donors (Lipinski definition) is 2. The molecule has 5 rings (SSSR count). The largest absolute Gasteiger partial charge is 0.496 e. The van der Waals surface area contributed by atoms with Crippen LogP contribution in [-0.4, -0.2) is 63.3 Å². The normalized spacial score (nSPS) is 23.5. The summed E-state index contributed by atoms with van der Waals surface area (Å²) in [6.07, 6.45) is -1.34. The van der Waals surface area contributed by atoms with E-state index in [9.17, 15) is 22.4 Å². The molecule has 1 aromatic heterocycles. The van der Waals surface area contributed by atoms with Crippen molar-refractivity contribution in [2.75, 3.05) is 20.2 Å². The summed E-state index contributed by atoms with van der Waals surface area (Å²) in [7, 11) is 1.49. The van der Waals surface area contributed by atoms with Crippen LogP contribution < -0.4 is 15.8 Å². The molecule has 1 saturated heterocycles. The molecule has 9 nitrogen and oxygen atoms in total. The smallest absolute Gasteiger partial charge is 0.453 e. The molecule has 0 bridgehead atoms. The van der Waals surface area contributed by atoms with Crippen LogP contribution in [-0.2, 0) is 17.5 Å². The number of amides is 1. The summed E-state index contributed by atoms with van der Waals surface area (Å²) in [5.41, 5.74) is 7.43. The second kappa shape index (κ2) is 11.5. The number of nitrogens with one attached hydrogen (secondary N) is 1. The van der Waals surface area contributed by atoms with Crippen LogP contribution in [0.1, 0.15) is 48.6 Å². The van der Waals surface area contributed by atoms with Crippen LogP contribution in [0.3, 0.4) is 0 Å². The van der Waals surface area contributed by atoms with Gasteiger partial charge in [0.2, 0.25) is 5.91 Å². The standard InChI is InChI=1S/C27H31F4N7O2/c1-40-23-11-9-20(38-26(27(29,30)31)34-35-36-38)13-18(23)14-33-21-10-6-17(15-37-12-2-3-22(37)25(32)39)24(21)16-4-7-19(28)8-5-16/h4-5,7-9,11,13,17,21-22,24,33H,2-3,6,10,12,14-15H2,1H3,(H2,32,39). The van der Waals surface area contributed by atoms with Crippen molar-refractivity contribution < 1.29 is 27.1 Å². The second-order valence-corrected chi connectivity index (χ2v) is 10.4. The lowest BCUT2D eigenvalue weighted by Gasteiger charge is -2.31. The Labute approximate surface area is 228 Å². The van der Waals surface area contributed by atoms with Crippen molar-refractivity contribution in [3.05, 3.63) is 65.2 Å². The fraction of sp³-hybridized carbons (Fsp3) is 0.481. The zero-order valence-electron chi connectivity index (χ0n) is 21.9. The van der Waals surface area contributed by atoms with Crippen molar-refractivity contribution in [1.29, 1.82) is 0 Å². The Kier molecular flexibility index (Phi) is 8.04. The predicted octanol–water partition coefficient (Wildman–Crippen LogP) is 3.43. The summed E-state index contributed by atoms with van der Waals surface area (Å²) >= 11 is 0. The molecule has 2 heterocycles. The van der Waals surface area contributed by atoms with Crippen molar-refractivity contribution in [2.45, 2.75) is 56.4 Å². The molecule has 0 spiro atoms. The number of alkyl halides is 3. The molecule has 1 aliphatic carbocycles. The second-order valence-electron chi connectivity index (χ2n) is 10.4.